The number of hydrogen-bond donors (Lipinski definition) is 1. The number of carboxylic acids is 1. The lowest BCUT2D eigenvalue weighted by atomic mass is 10.1. The number of nitrogens with zero attached hydrogens (tertiary/aromatic N) is 2. The Morgan fingerprint density at radius 1 is 0.842 bits per heavy atom. The molecular formula is C31H28N2O5. The van der Waals surface area contributed by atoms with Gasteiger partial charge in [0.05, 0.1) is 24.4 Å². The SMILES string of the molecule is CCOc1cccc(-c2nccc3c2cc(C(=O)O)n3CCCOc2ccc(Oc3ccccc3)cc2)c1. The Hall–Kier alpha value is -4.78. The van der Waals surface area contributed by atoms with E-state index in [2.05, 4.69) is 4.98 Å². The van der Waals surface area contributed by atoms with Gasteiger partial charge in [0.25, 0.3) is 0 Å². The molecular weight excluding hydrogens is 480 g/mol. The minimum Gasteiger partial charge on any atom is -0.494 e. The standard InChI is InChI=1S/C31H28N2O5/c1-2-36-26-11-6-8-22(20-26)30-27-21-29(31(34)35)33(28(27)16-17-32-30)18-7-19-37-23-12-14-25(15-13-23)38-24-9-4-3-5-10-24/h3-6,8-17,20-21H,2,7,18-19H2,1H3,(H,34,35). The summed E-state index contributed by atoms with van der Waals surface area (Å²) in [6, 6.07) is 28.3. The van der Waals surface area contributed by atoms with Gasteiger partial charge in [-0.25, -0.2) is 4.79 Å². The highest BCUT2D eigenvalue weighted by Crippen LogP contribution is 2.31. The molecule has 0 aliphatic heterocycles. The van der Waals surface area contributed by atoms with Crippen LogP contribution in [0.5, 0.6) is 23.0 Å². The molecule has 0 radical (unpaired) electrons. The van der Waals surface area contributed by atoms with Gasteiger partial charge < -0.3 is 23.9 Å². The Balaban J connectivity index is 1.28. The summed E-state index contributed by atoms with van der Waals surface area (Å²) in [6.07, 6.45) is 2.34. The van der Waals surface area contributed by atoms with E-state index in [1.54, 1.807) is 12.3 Å². The largest absolute Gasteiger partial charge is 0.494 e. The summed E-state index contributed by atoms with van der Waals surface area (Å²) >= 11 is 0. The van der Waals surface area contributed by atoms with Crippen molar-refractivity contribution in [2.45, 2.75) is 19.9 Å². The first-order chi connectivity index (χ1) is 18.6. The molecule has 0 saturated carbocycles. The average molecular weight is 509 g/mol. The van der Waals surface area contributed by atoms with E-state index in [1.165, 1.54) is 0 Å². The molecule has 5 rings (SSSR count). The Bertz CT molecular complexity index is 1530. The monoisotopic (exact) mass is 508 g/mol. The van der Waals surface area contributed by atoms with E-state index in [-0.39, 0.29) is 5.69 Å². The zero-order valence-electron chi connectivity index (χ0n) is 21.0. The van der Waals surface area contributed by atoms with E-state index in [1.807, 2.05) is 96.4 Å². The van der Waals surface area contributed by atoms with Gasteiger partial charge in [0.1, 0.15) is 28.7 Å². The molecule has 0 bridgehead atoms. The fourth-order valence-corrected chi connectivity index (χ4v) is 4.37. The van der Waals surface area contributed by atoms with Crippen LogP contribution >= 0.6 is 0 Å². The smallest absolute Gasteiger partial charge is 0.352 e. The maximum Gasteiger partial charge on any atom is 0.352 e. The maximum absolute atomic E-state index is 12.1. The number of carbonyl (C=O) groups is 1. The van der Waals surface area contributed by atoms with Gasteiger partial charge >= 0.3 is 5.97 Å². The van der Waals surface area contributed by atoms with Crippen molar-refractivity contribution in [3.05, 3.63) is 103 Å². The number of aromatic nitrogens is 2. The fraction of sp³-hybridized carbons (Fsp3) is 0.161. The van der Waals surface area contributed by atoms with Crippen LogP contribution < -0.4 is 14.2 Å². The first-order valence-electron chi connectivity index (χ1n) is 12.5. The van der Waals surface area contributed by atoms with Crippen LogP contribution in [0, 0.1) is 0 Å². The molecule has 0 fully saturated rings. The molecule has 0 aliphatic carbocycles. The van der Waals surface area contributed by atoms with Crippen molar-refractivity contribution < 1.29 is 24.1 Å². The van der Waals surface area contributed by atoms with Gasteiger partial charge in [-0.2, -0.15) is 0 Å². The zero-order valence-corrected chi connectivity index (χ0v) is 21.0. The molecule has 0 amide bonds. The lowest BCUT2D eigenvalue weighted by molar-refractivity contribution is 0.0685. The van der Waals surface area contributed by atoms with Crippen LogP contribution in [0.4, 0.5) is 0 Å². The molecule has 0 aliphatic rings. The van der Waals surface area contributed by atoms with Crippen LogP contribution in [-0.4, -0.2) is 33.8 Å². The predicted octanol–water partition coefficient (Wildman–Crippen LogP) is 7.06. The number of aromatic carboxylic acids is 1. The minimum atomic E-state index is -0.981. The number of carboxylic acid groups (broad SMARTS) is 1. The fourth-order valence-electron chi connectivity index (χ4n) is 4.37. The molecule has 0 atom stereocenters. The van der Waals surface area contributed by atoms with E-state index >= 15 is 0 Å². The summed E-state index contributed by atoms with van der Waals surface area (Å²) in [4.78, 5) is 16.7. The topological polar surface area (TPSA) is 82.8 Å². The lowest BCUT2D eigenvalue weighted by Crippen LogP contribution is -2.11. The predicted molar refractivity (Wildman–Crippen MR) is 146 cm³/mol. The van der Waals surface area contributed by atoms with E-state index in [4.69, 9.17) is 14.2 Å². The minimum absolute atomic E-state index is 0.220. The molecule has 192 valence electrons. The molecule has 0 saturated heterocycles. The number of ether oxygens (including phenoxy) is 3. The quantitative estimate of drug-likeness (QED) is 0.192. The number of fused-ring (bicyclic) bond motifs is 1. The van der Waals surface area contributed by atoms with Crippen molar-refractivity contribution in [3.8, 4) is 34.3 Å². The summed E-state index contributed by atoms with van der Waals surface area (Å²) in [5.41, 5.74) is 2.63. The van der Waals surface area contributed by atoms with Crippen LogP contribution in [-0.2, 0) is 6.54 Å². The van der Waals surface area contributed by atoms with Crippen LogP contribution in [0.1, 0.15) is 23.8 Å². The lowest BCUT2D eigenvalue weighted by Gasteiger charge is -2.11. The second-order valence-electron chi connectivity index (χ2n) is 8.63. The van der Waals surface area contributed by atoms with Crippen LogP contribution in [0.3, 0.4) is 0 Å². The van der Waals surface area contributed by atoms with Crippen LogP contribution in [0.2, 0.25) is 0 Å². The van der Waals surface area contributed by atoms with Crippen molar-refractivity contribution in [2.24, 2.45) is 0 Å². The van der Waals surface area contributed by atoms with Crippen LogP contribution in [0.15, 0.2) is 97.2 Å². The first kappa shape index (κ1) is 24.9. The van der Waals surface area contributed by atoms with Gasteiger partial charge in [0.2, 0.25) is 0 Å². The van der Waals surface area contributed by atoms with Crippen molar-refractivity contribution in [1.29, 1.82) is 0 Å². The molecule has 38 heavy (non-hydrogen) atoms. The maximum atomic E-state index is 12.1. The van der Waals surface area contributed by atoms with Gasteiger partial charge in [0, 0.05) is 23.7 Å². The van der Waals surface area contributed by atoms with Crippen molar-refractivity contribution in [1.82, 2.24) is 9.55 Å². The van der Waals surface area contributed by atoms with Gasteiger partial charge in [-0.1, -0.05) is 30.3 Å². The van der Waals surface area contributed by atoms with E-state index in [0.717, 1.165) is 45.2 Å². The summed E-state index contributed by atoms with van der Waals surface area (Å²) in [5.74, 6) is 1.99. The van der Waals surface area contributed by atoms with Crippen LogP contribution in [0.25, 0.3) is 22.2 Å². The van der Waals surface area contributed by atoms with Gasteiger partial charge in [0.15, 0.2) is 0 Å². The molecule has 5 aromatic rings. The highest BCUT2D eigenvalue weighted by molar-refractivity contribution is 6.00. The van der Waals surface area contributed by atoms with E-state index in [9.17, 15) is 9.90 Å². The molecule has 2 heterocycles. The summed E-state index contributed by atoms with van der Waals surface area (Å²) in [6.45, 7) is 3.42. The van der Waals surface area contributed by atoms with Crippen molar-refractivity contribution >= 4 is 16.9 Å². The average Bonchev–Trinajstić information content (AvgIpc) is 3.32. The third-order valence-corrected chi connectivity index (χ3v) is 6.06. The highest BCUT2D eigenvalue weighted by atomic mass is 16.5. The Labute approximate surface area is 220 Å². The van der Waals surface area contributed by atoms with Gasteiger partial charge in [-0.05, 0) is 74.0 Å². The van der Waals surface area contributed by atoms with Crippen molar-refractivity contribution in [3.63, 3.8) is 0 Å². The molecule has 0 unspecified atom stereocenters. The molecule has 0 spiro atoms. The highest BCUT2D eigenvalue weighted by Gasteiger charge is 2.18. The van der Waals surface area contributed by atoms with E-state index in [0.29, 0.717) is 26.2 Å². The molecule has 7 nitrogen and oxygen atoms in total. The number of pyridine rings is 1. The molecule has 1 N–H and O–H groups in total. The van der Waals surface area contributed by atoms with E-state index < -0.39 is 5.97 Å². The molecule has 3 aromatic carbocycles. The first-order valence-corrected chi connectivity index (χ1v) is 12.5. The number of hydrogen-bond acceptors (Lipinski definition) is 5. The second kappa shape index (κ2) is 11.5. The number of benzene rings is 3. The van der Waals surface area contributed by atoms with Gasteiger partial charge in [-0.15, -0.1) is 0 Å². The summed E-state index contributed by atoms with van der Waals surface area (Å²) in [7, 11) is 0. The Kier molecular flexibility index (Phi) is 7.54. The van der Waals surface area contributed by atoms with Gasteiger partial charge in [-0.3, -0.25) is 4.98 Å². The third kappa shape index (κ3) is 5.62. The molecule has 2 aromatic heterocycles. The zero-order chi connectivity index (χ0) is 26.3. The Morgan fingerprint density at radius 3 is 2.34 bits per heavy atom. The number of para-hydroxylation sites is 1. The summed E-state index contributed by atoms with van der Waals surface area (Å²) < 4.78 is 19.2. The second-order valence-corrected chi connectivity index (χ2v) is 8.63. The molecule has 7 heteroatoms. The van der Waals surface area contributed by atoms with Crippen molar-refractivity contribution in [2.75, 3.05) is 13.2 Å². The number of rotatable bonds is 11. The summed E-state index contributed by atoms with van der Waals surface area (Å²) in [5, 5.41) is 10.7. The third-order valence-electron chi connectivity index (χ3n) is 6.06. The normalized spacial score (nSPS) is 10.9. The number of aryl methyl sites for hydroxylation is 1. The Morgan fingerprint density at radius 2 is 1.58 bits per heavy atom.